The standard InChI is InChI=1S/C42H26O.2C38H24O/c1-2-10-30-25-31(22-19-27(30)9-1)28-17-20-29(21-18-28)41-35-12-3-5-14-37(35)42(38-15-6-4-13-36(38)41)32-23-24-34-33-11-7-8-16-39(33)43-40(34)26-32;1-2-11-25(12-3-1)26-13-10-14-27(23-26)37-31-16-4-6-18-33(31)38(34-19-7-5-17-32(34)37)28-21-22-30-29-15-8-9-20-35(29)39-36(30)24-28;1-2-10-25(11-3-1)26-18-20-27(21-19-26)37-31-13-4-6-15-33(31)38(34-16-7-5-14-32(34)37)28-22-23-30-29-12-8-9-17-35(29)39-36(30)24-28/h1-26H;2*1-24H/i3D,4D,5D,6D,12D,13D,14D,15D;4D,5D,6D,7D,16D,17D,18D,19D;4D,5D,6D,7D,13D,14D,15D,16D. The van der Waals surface area contributed by atoms with Gasteiger partial charge in [-0.05, 0) is 242 Å². The van der Waals surface area contributed by atoms with Crippen molar-refractivity contribution in [1.82, 2.24) is 0 Å². The second-order valence-corrected chi connectivity index (χ2v) is 29.7. The highest BCUT2D eigenvalue weighted by Gasteiger charge is 2.23. The normalized spacial score (nSPS) is 14.4. The predicted octanol–water partition coefficient (Wildman–Crippen LogP) is 33.8. The molecule has 0 atom stereocenters. The Bertz CT molecular complexity index is 9690. The zero-order valence-electron chi connectivity index (χ0n) is 88.1. The molecular formula is C118H74O3. The van der Waals surface area contributed by atoms with E-state index >= 15 is 0 Å². The van der Waals surface area contributed by atoms with Crippen molar-refractivity contribution in [3.05, 3.63) is 448 Å². The molecule has 0 bridgehead atoms. The fourth-order valence-corrected chi connectivity index (χ4v) is 17.4. The van der Waals surface area contributed by atoms with E-state index in [1.54, 1.807) is 18.2 Å². The first kappa shape index (κ1) is 49.9. The molecule has 3 heterocycles. The van der Waals surface area contributed by atoms with Gasteiger partial charge in [-0.25, -0.2) is 0 Å². The number of para-hydroxylation sites is 3. The minimum Gasteiger partial charge on any atom is -0.456 e. The summed E-state index contributed by atoms with van der Waals surface area (Å²) in [7, 11) is 0. The number of benzene rings is 22. The van der Waals surface area contributed by atoms with Gasteiger partial charge in [0.05, 0.1) is 32.9 Å². The molecule has 564 valence electrons. The summed E-state index contributed by atoms with van der Waals surface area (Å²) in [4.78, 5) is 0. The molecule has 0 fully saturated rings. The molecule has 22 aromatic carbocycles. The van der Waals surface area contributed by atoms with E-state index in [2.05, 4.69) is 24.3 Å². The molecule has 25 rings (SSSR count). The van der Waals surface area contributed by atoms with Gasteiger partial charge in [0.25, 0.3) is 0 Å². The summed E-state index contributed by atoms with van der Waals surface area (Å²) >= 11 is 0. The maximum atomic E-state index is 9.23. The summed E-state index contributed by atoms with van der Waals surface area (Å²) in [5, 5.41) is 9.64. The molecular weight excluding hydrogens is 1470 g/mol. The Balaban J connectivity index is 0.000000120. The summed E-state index contributed by atoms with van der Waals surface area (Å²) in [5.41, 5.74) is 14.4. The van der Waals surface area contributed by atoms with Crippen molar-refractivity contribution in [3.63, 3.8) is 0 Å². The fourth-order valence-electron chi connectivity index (χ4n) is 17.4. The van der Waals surface area contributed by atoms with Crippen LogP contribution in [0.3, 0.4) is 0 Å². The molecule has 0 amide bonds. The van der Waals surface area contributed by atoms with Gasteiger partial charge in [0, 0.05) is 32.3 Å². The van der Waals surface area contributed by atoms with E-state index in [9.17, 15) is 11.0 Å². The van der Waals surface area contributed by atoms with Gasteiger partial charge in [-0.1, -0.05) is 382 Å². The number of fused-ring (bicyclic) bond motifs is 16. The third-order valence-corrected chi connectivity index (χ3v) is 22.9. The van der Waals surface area contributed by atoms with Crippen molar-refractivity contribution < 1.29 is 46.1 Å². The molecule has 0 aliphatic heterocycles. The highest BCUT2D eigenvalue weighted by molar-refractivity contribution is 6.26. The van der Waals surface area contributed by atoms with Crippen LogP contribution in [-0.2, 0) is 0 Å². The SMILES string of the molecule is [2H]c1c([2H])c([2H])c2c(-c3ccc4c(c3)oc3ccccc34)c3c([2H])c([2H])c([2H])c([2H])c3c(-c3ccc(-c4ccc5ccccc5c4)cc3)c2c1[2H].[2H]c1c([2H])c([2H])c2c(-c3ccc4c(c3)oc3ccccc34)c3c([2H])c([2H])c([2H])c([2H])c3c(-c3ccc(-c4ccccc4)cc3)c2c1[2H].[2H]c1c([2H])c([2H])c2c(-c3ccc4c(c3)oc3ccccc34)c3c([2H])c([2H])c([2H])c([2H])c3c(-c3cccc(-c4ccccc4)c3)c2c1[2H]. The third-order valence-electron chi connectivity index (χ3n) is 22.9. The van der Waals surface area contributed by atoms with Gasteiger partial charge in [0.1, 0.15) is 33.5 Å². The lowest BCUT2D eigenvalue weighted by Gasteiger charge is -2.18. The second kappa shape index (κ2) is 29.7. The highest BCUT2D eigenvalue weighted by atomic mass is 16.3. The Morgan fingerprint density at radius 3 is 0.711 bits per heavy atom. The molecule has 3 heteroatoms. The van der Waals surface area contributed by atoms with Gasteiger partial charge < -0.3 is 13.3 Å². The smallest absolute Gasteiger partial charge is 0.136 e. The van der Waals surface area contributed by atoms with Gasteiger partial charge in [-0.3, -0.25) is 0 Å². The third kappa shape index (κ3) is 12.4. The quantitative estimate of drug-likeness (QED) is 0.135. The summed E-state index contributed by atoms with van der Waals surface area (Å²) in [6, 6.07) is 86.9. The molecule has 0 radical (unpaired) electrons. The van der Waals surface area contributed by atoms with Crippen LogP contribution in [-0.4, -0.2) is 0 Å². The van der Waals surface area contributed by atoms with E-state index in [1.807, 2.05) is 261 Å². The van der Waals surface area contributed by atoms with Gasteiger partial charge >= 0.3 is 0 Å². The van der Waals surface area contributed by atoms with Crippen LogP contribution in [0.4, 0.5) is 0 Å². The lowest BCUT2D eigenvalue weighted by molar-refractivity contribution is 0.668. The lowest BCUT2D eigenvalue weighted by Crippen LogP contribution is -1.91. The van der Waals surface area contributed by atoms with E-state index in [0.29, 0.717) is 94.7 Å². The summed E-state index contributed by atoms with van der Waals surface area (Å²) < 4.78 is 233. The van der Waals surface area contributed by atoms with Crippen LogP contribution >= 0.6 is 0 Å². The van der Waals surface area contributed by atoms with Crippen LogP contribution in [0.25, 0.3) is 241 Å². The van der Waals surface area contributed by atoms with Crippen molar-refractivity contribution in [3.8, 4) is 100 Å². The molecule has 3 aromatic heterocycles. The first-order valence-electron chi connectivity index (χ1n) is 51.5. The fraction of sp³-hybridized carbons (Fsp3) is 0. The van der Waals surface area contributed by atoms with Crippen molar-refractivity contribution in [1.29, 1.82) is 0 Å². The first-order valence-corrected chi connectivity index (χ1v) is 39.5. The van der Waals surface area contributed by atoms with E-state index in [-0.39, 0.29) is 143 Å². The Morgan fingerprint density at radius 2 is 0.355 bits per heavy atom. The molecule has 25 aromatic rings. The van der Waals surface area contributed by atoms with E-state index in [1.165, 1.54) is 0 Å². The van der Waals surface area contributed by atoms with Crippen molar-refractivity contribution in [2.24, 2.45) is 0 Å². The van der Waals surface area contributed by atoms with E-state index < -0.39 is 72.5 Å². The van der Waals surface area contributed by atoms with Crippen LogP contribution in [0.15, 0.2) is 462 Å². The molecule has 0 N–H and O–H groups in total. The largest absolute Gasteiger partial charge is 0.456 e. The summed E-state index contributed by atoms with van der Waals surface area (Å²) in [6.07, 6.45) is 0. The van der Waals surface area contributed by atoms with E-state index in [4.69, 9.17) is 35.2 Å². The first-order chi connectivity index (χ1) is 70.0. The van der Waals surface area contributed by atoms with E-state index in [0.717, 1.165) is 76.5 Å². The minimum atomic E-state index is -0.434. The Hall–Kier alpha value is -15.9. The van der Waals surface area contributed by atoms with Gasteiger partial charge in [-0.15, -0.1) is 0 Å². The highest BCUT2D eigenvalue weighted by Crippen LogP contribution is 2.50. The van der Waals surface area contributed by atoms with Crippen LogP contribution in [0.5, 0.6) is 0 Å². The van der Waals surface area contributed by atoms with Crippen molar-refractivity contribution in [2.45, 2.75) is 0 Å². The monoisotopic (exact) mass is 1560 g/mol. The Kier molecular flexibility index (Phi) is 12.2. The molecule has 0 saturated heterocycles. The molecule has 121 heavy (non-hydrogen) atoms. The zero-order chi connectivity index (χ0) is 101. The Labute approximate surface area is 732 Å². The molecule has 0 saturated carbocycles. The van der Waals surface area contributed by atoms with Crippen LogP contribution in [0.2, 0.25) is 0 Å². The molecule has 0 aliphatic carbocycles. The minimum absolute atomic E-state index is 0.169. The lowest BCUT2D eigenvalue weighted by atomic mass is 9.85. The predicted molar refractivity (Wildman–Crippen MR) is 513 cm³/mol. The van der Waals surface area contributed by atoms with Crippen LogP contribution in [0, 0.1) is 0 Å². The Morgan fingerprint density at radius 1 is 0.132 bits per heavy atom. The van der Waals surface area contributed by atoms with Crippen molar-refractivity contribution in [2.75, 3.05) is 0 Å². The second-order valence-electron chi connectivity index (χ2n) is 29.7. The van der Waals surface area contributed by atoms with Gasteiger partial charge in [-0.2, -0.15) is 0 Å². The maximum absolute atomic E-state index is 9.23. The summed E-state index contributed by atoms with van der Waals surface area (Å²) in [5.74, 6) is 0. The average molecular weight is 1560 g/mol. The van der Waals surface area contributed by atoms with Crippen LogP contribution < -0.4 is 0 Å². The summed E-state index contributed by atoms with van der Waals surface area (Å²) in [6.45, 7) is 0. The molecule has 0 unspecified atom stereocenters. The van der Waals surface area contributed by atoms with Gasteiger partial charge in [0.15, 0.2) is 0 Å². The van der Waals surface area contributed by atoms with Crippen LogP contribution in [0.1, 0.15) is 32.9 Å². The molecule has 3 nitrogen and oxygen atoms in total. The average Bonchev–Trinajstić information content (AvgIpc) is 1.12. The maximum Gasteiger partial charge on any atom is 0.136 e. The molecule has 0 spiro atoms. The number of hydrogen-bond acceptors (Lipinski definition) is 3. The number of hydrogen-bond donors (Lipinski definition) is 0. The van der Waals surface area contributed by atoms with Crippen molar-refractivity contribution >= 4 is 141 Å². The zero-order valence-corrected chi connectivity index (χ0v) is 64.1. The number of rotatable bonds is 9. The topological polar surface area (TPSA) is 39.4 Å². The molecule has 0 aliphatic rings. The number of furan rings is 3. The van der Waals surface area contributed by atoms with Gasteiger partial charge in [0.2, 0.25) is 0 Å².